The van der Waals surface area contributed by atoms with E-state index in [1.54, 1.807) is 18.4 Å². The summed E-state index contributed by atoms with van der Waals surface area (Å²) in [5.41, 5.74) is 0. The van der Waals surface area contributed by atoms with Crippen molar-refractivity contribution in [2.45, 2.75) is 57.1 Å². The Morgan fingerprint density at radius 2 is 2.25 bits per heavy atom. The summed E-state index contributed by atoms with van der Waals surface area (Å²) >= 11 is 0. The van der Waals surface area contributed by atoms with Crippen LogP contribution < -0.4 is 5.32 Å². The van der Waals surface area contributed by atoms with Crippen molar-refractivity contribution in [2.75, 3.05) is 13.1 Å². The molecule has 0 radical (unpaired) electrons. The third kappa shape index (κ3) is 3.98. The van der Waals surface area contributed by atoms with Crippen molar-refractivity contribution in [2.24, 2.45) is 5.92 Å². The van der Waals surface area contributed by atoms with E-state index in [0.717, 1.165) is 25.7 Å². The normalized spacial score (nSPS) is 26.5. The molecule has 0 bridgehead atoms. The number of carbonyl (C=O) groups excluding carboxylic acids is 2. The van der Waals surface area contributed by atoms with Crippen LogP contribution in [0.25, 0.3) is 0 Å². The first-order chi connectivity index (χ1) is 11.6. The molecular formula is C18H26N2O4. The molecule has 2 fully saturated rings. The van der Waals surface area contributed by atoms with E-state index in [-0.39, 0.29) is 30.2 Å². The second-order valence-corrected chi connectivity index (χ2v) is 6.84. The molecule has 2 aliphatic heterocycles. The van der Waals surface area contributed by atoms with Gasteiger partial charge in [0.15, 0.2) is 0 Å². The van der Waals surface area contributed by atoms with E-state index >= 15 is 0 Å². The Bertz CT molecular complexity index is 557. The monoisotopic (exact) mass is 334 g/mol. The molecule has 0 aromatic carbocycles. The SMILES string of the molecule is O=C1CC(C(=O)N2CCCCCC2CC(O)c2ccco2)CCN1. The number of likely N-dealkylation sites (tertiary alicyclic amines) is 1. The van der Waals surface area contributed by atoms with Crippen LogP contribution in [0.4, 0.5) is 0 Å². The molecule has 3 atom stereocenters. The molecule has 3 rings (SSSR count). The number of nitrogens with one attached hydrogen (secondary N) is 1. The van der Waals surface area contributed by atoms with Gasteiger partial charge in [-0.25, -0.2) is 0 Å². The van der Waals surface area contributed by atoms with Gasteiger partial charge in [0, 0.05) is 37.9 Å². The average Bonchev–Trinajstić information content (AvgIpc) is 3.02. The van der Waals surface area contributed by atoms with Gasteiger partial charge in [0.1, 0.15) is 11.9 Å². The van der Waals surface area contributed by atoms with E-state index < -0.39 is 6.10 Å². The number of aliphatic hydroxyl groups excluding tert-OH is 1. The maximum atomic E-state index is 13.0. The van der Waals surface area contributed by atoms with Gasteiger partial charge in [-0.1, -0.05) is 12.8 Å². The summed E-state index contributed by atoms with van der Waals surface area (Å²) in [7, 11) is 0. The molecule has 1 aromatic rings. The molecule has 1 aromatic heterocycles. The third-order valence-electron chi connectivity index (χ3n) is 5.12. The van der Waals surface area contributed by atoms with Crippen molar-refractivity contribution in [1.29, 1.82) is 0 Å². The van der Waals surface area contributed by atoms with Crippen molar-refractivity contribution >= 4 is 11.8 Å². The van der Waals surface area contributed by atoms with Crippen molar-refractivity contribution in [3.05, 3.63) is 24.2 Å². The Balaban J connectivity index is 1.69. The van der Waals surface area contributed by atoms with E-state index in [0.29, 0.717) is 31.7 Å². The second kappa shape index (κ2) is 7.83. The van der Waals surface area contributed by atoms with E-state index in [9.17, 15) is 14.7 Å². The molecule has 132 valence electrons. The number of nitrogens with zero attached hydrogens (tertiary/aromatic N) is 1. The lowest BCUT2D eigenvalue weighted by Gasteiger charge is -2.35. The zero-order valence-electron chi connectivity index (χ0n) is 13.9. The van der Waals surface area contributed by atoms with E-state index in [4.69, 9.17) is 4.42 Å². The van der Waals surface area contributed by atoms with Gasteiger partial charge >= 0.3 is 0 Å². The first-order valence-corrected chi connectivity index (χ1v) is 8.94. The van der Waals surface area contributed by atoms with Crippen LogP contribution in [0.2, 0.25) is 0 Å². The topological polar surface area (TPSA) is 82.8 Å². The zero-order valence-corrected chi connectivity index (χ0v) is 13.9. The van der Waals surface area contributed by atoms with Crippen LogP contribution in [0.1, 0.15) is 56.8 Å². The van der Waals surface area contributed by atoms with E-state index in [1.165, 1.54) is 0 Å². The average molecular weight is 334 g/mol. The maximum absolute atomic E-state index is 13.0. The Hall–Kier alpha value is -1.82. The van der Waals surface area contributed by atoms with Gasteiger partial charge in [-0.3, -0.25) is 9.59 Å². The first-order valence-electron chi connectivity index (χ1n) is 8.94. The fraction of sp³-hybridized carbons (Fsp3) is 0.667. The quantitative estimate of drug-likeness (QED) is 0.882. The molecule has 3 heterocycles. The highest BCUT2D eigenvalue weighted by Gasteiger charge is 2.34. The molecule has 0 saturated carbocycles. The Morgan fingerprint density at radius 1 is 1.38 bits per heavy atom. The van der Waals surface area contributed by atoms with Crippen molar-refractivity contribution in [3.8, 4) is 0 Å². The number of hydrogen-bond donors (Lipinski definition) is 2. The van der Waals surface area contributed by atoms with Gasteiger partial charge < -0.3 is 19.7 Å². The van der Waals surface area contributed by atoms with Gasteiger partial charge in [-0.2, -0.15) is 0 Å². The molecule has 2 saturated heterocycles. The summed E-state index contributed by atoms with van der Waals surface area (Å²) in [6, 6.07) is 3.53. The van der Waals surface area contributed by atoms with E-state index in [2.05, 4.69) is 5.32 Å². The van der Waals surface area contributed by atoms with Gasteiger partial charge in [-0.15, -0.1) is 0 Å². The number of hydrogen-bond acceptors (Lipinski definition) is 4. The standard InChI is InChI=1S/C18H26N2O4/c21-15(16-6-4-10-24-16)12-14-5-2-1-3-9-20(14)18(23)13-7-8-19-17(22)11-13/h4,6,10,13-15,21H,1-3,5,7-9,11-12H2,(H,19,22). The van der Waals surface area contributed by atoms with Gasteiger partial charge in [0.25, 0.3) is 0 Å². The lowest BCUT2D eigenvalue weighted by Crippen LogP contribution is -2.47. The molecule has 6 heteroatoms. The number of aliphatic hydroxyl groups is 1. The number of furan rings is 1. The second-order valence-electron chi connectivity index (χ2n) is 6.84. The minimum Gasteiger partial charge on any atom is -0.467 e. The summed E-state index contributed by atoms with van der Waals surface area (Å²) in [6.45, 7) is 1.29. The summed E-state index contributed by atoms with van der Waals surface area (Å²) in [5, 5.41) is 13.2. The smallest absolute Gasteiger partial charge is 0.226 e. The molecule has 2 N–H and O–H groups in total. The molecule has 0 aliphatic carbocycles. The fourth-order valence-corrected chi connectivity index (χ4v) is 3.80. The van der Waals surface area contributed by atoms with Crippen LogP contribution >= 0.6 is 0 Å². The summed E-state index contributed by atoms with van der Waals surface area (Å²) in [5.74, 6) is 0.355. The fourth-order valence-electron chi connectivity index (χ4n) is 3.80. The molecule has 2 amide bonds. The van der Waals surface area contributed by atoms with Crippen LogP contribution in [0.15, 0.2) is 22.8 Å². The minimum absolute atomic E-state index is 0.00471. The van der Waals surface area contributed by atoms with Crippen molar-refractivity contribution in [1.82, 2.24) is 10.2 Å². The van der Waals surface area contributed by atoms with Gasteiger partial charge in [0.2, 0.25) is 11.8 Å². The number of rotatable bonds is 4. The highest BCUT2D eigenvalue weighted by molar-refractivity contribution is 5.87. The van der Waals surface area contributed by atoms with E-state index in [1.807, 2.05) is 4.90 Å². The minimum atomic E-state index is -0.701. The lowest BCUT2D eigenvalue weighted by atomic mass is 9.94. The van der Waals surface area contributed by atoms with Crippen LogP contribution in [0.3, 0.4) is 0 Å². The highest BCUT2D eigenvalue weighted by Crippen LogP contribution is 2.29. The first kappa shape index (κ1) is 17.0. The largest absolute Gasteiger partial charge is 0.467 e. The predicted octanol–water partition coefficient (Wildman–Crippen LogP) is 2.00. The number of carbonyl (C=O) groups is 2. The summed E-state index contributed by atoms with van der Waals surface area (Å²) in [4.78, 5) is 26.5. The Kier molecular flexibility index (Phi) is 5.56. The summed E-state index contributed by atoms with van der Waals surface area (Å²) < 4.78 is 5.29. The van der Waals surface area contributed by atoms with Gasteiger partial charge in [-0.05, 0) is 31.4 Å². The molecule has 0 spiro atoms. The third-order valence-corrected chi connectivity index (χ3v) is 5.12. The van der Waals surface area contributed by atoms with Crippen LogP contribution in [-0.4, -0.2) is 41.0 Å². The highest BCUT2D eigenvalue weighted by atomic mass is 16.4. The van der Waals surface area contributed by atoms with Gasteiger partial charge in [0.05, 0.1) is 6.26 Å². The summed E-state index contributed by atoms with van der Waals surface area (Å²) in [6.07, 6.45) is 6.35. The molecule has 2 aliphatic rings. The Morgan fingerprint density at radius 3 is 3.00 bits per heavy atom. The molecule has 6 nitrogen and oxygen atoms in total. The lowest BCUT2D eigenvalue weighted by molar-refractivity contribution is -0.142. The predicted molar refractivity (Wildman–Crippen MR) is 88.0 cm³/mol. The maximum Gasteiger partial charge on any atom is 0.226 e. The number of piperidine rings is 1. The van der Waals surface area contributed by atoms with Crippen molar-refractivity contribution < 1.29 is 19.1 Å². The van der Waals surface area contributed by atoms with Crippen LogP contribution in [-0.2, 0) is 9.59 Å². The zero-order chi connectivity index (χ0) is 16.9. The van der Waals surface area contributed by atoms with Crippen molar-refractivity contribution in [3.63, 3.8) is 0 Å². The molecule has 3 unspecified atom stereocenters. The number of amides is 2. The molecular weight excluding hydrogens is 308 g/mol. The molecule has 24 heavy (non-hydrogen) atoms. The van der Waals surface area contributed by atoms with Crippen LogP contribution in [0, 0.1) is 5.92 Å². The Labute approximate surface area is 142 Å². The van der Waals surface area contributed by atoms with Crippen LogP contribution in [0.5, 0.6) is 0 Å².